The molecule has 0 aliphatic heterocycles. The van der Waals surface area contributed by atoms with Crippen molar-refractivity contribution in [3.8, 4) is 0 Å². The Morgan fingerprint density at radius 1 is 1.16 bits per heavy atom. The summed E-state index contributed by atoms with van der Waals surface area (Å²) in [7, 11) is 0. The molecule has 0 atom stereocenters. The second kappa shape index (κ2) is 4.57. The highest BCUT2D eigenvalue weighted by Crippen LogP contribution is 2.39. The van der Waals surface area contributed by atoms with Crippen LogP contribution < -0.4 is 5.73 Å². The van der Waals surface area contributed by atoms with Crippen LogP contribution in [-0.2, 0) is 6.42 Å². The quantitative estimate of drug-likeness (QED) is 0.924. The van der Waals surface area contributed by atoms with Crippen molar-refractivity contribution in [2.45, 2.75) is 25.2 Å². The Morgan fingerprint density at radius 3 is 2.63 bits per heavy atom. The molecule has 0 saturated heterocycles. The van der Waals surface area contributed by atoms with E-state index < -0.39 is 11.6 Å². The topological polar surface area (TPSA) is 51.8 Å². The van der Waals surface area contributed by atoms with Crippen molar-refractivity contribution < 1.29 is 8.78 Å². The summed E-state index contributed by atoms with van der Waals surface area (Å²) in [5.74, 6) is 0.163. The highest BCUT2D eigenvalue weighted by Gasteiger charge is 2.26. The first kappa shape index (κ1) is 12.0. The van der Waals surface area contributed by atoms with Crippen LogP contribution in [0.1, 0.15) is 35.8 Å². The molecule has 0 unspecified atom stereocenters. The van der Waals surface area contributed by atoms with Crippen LogP contribution in [0, 0.1) is 11.6 Å². The number of benzene rings is 1. The molecule has 0 spiro atoms. The fourth-order valence-electron chi connectivity index (χ4n) is 2.04. The van der Waals surface area contributed by atoms with Crippen LogP contribution in [-0.4, -0.2) is 9.97 Å². The lowest BCUT2D eigenvalue weighted by molar-refractivity contribution is 0.573. The average molecular weight is 261 g/mol. The summed E-state index contributed by atoms with van der Waals surface area (Å²) in [5, 5.41) is 0. The minimum absolute atomic E-state index is 0.219. The Bertz CT molecular complexity index is 624. The van der Waals surface area contributed by atoms with Crippen molar-refractivity contribution in [3.63, 3.8) is 0 Å². The second-order valence-corrected chi connectivity index (χ2v) is 4.82. The van der Waals surface area contributed by atoms with E-state index in [0.717, 1.165) is 24.6 Å². The molecule has 3 nitrogen and oxygen atoms in total. The molecule has 2 aromatic rings. The van der Waals surface area contributed by atoms with Gasteiger partial charge in [-0.15, -0.1) is 0 Å². The number of rotatable bonds is 3. The van der Waals surface area contributed by atoms with Gasteiger partial charge in [0.2, 0.25) is 0 Å². The van der Waals surface area contributed by atoms with Gasteiger partial charge in [-0.05, 0) is 24.5 Å². The second-order valence-electron chi connectivity index (χ2n) is 4.82. The standard InChI is InChI=1S/C14H13F2N3/c15-10-4-3-9(11(16)6-10)5-14-18-12(8-1-2-8)7-13(17)19-14/h3-4,6-8H,1-2,5H2,(H2,17,18,19). The fourth-order valence-corrected chi connectivity index (χ4v) is 2.04. The predicted octanol–water partition coefficient (Wildman–Crippen LogP) is 2.81. The molecular formula is C14H13F2N3. The molecule has 3 rings (SSSR count). The number of hydrogen-bond acceptors (Lipinski definition) is 3. The van der Waals surface area contributed by atoms with Crippen LogP contribution in [0.2, 0.25) is 0 Å². The first-order valence-corrected chi connectivity index (χ1v) is 6.19. The van der Waals surface area contributed by atoms with Crippen LogP contribution in [0.25, 0.3) is 0 Å². The van der Waals surface area contributed by atoms with Crippen LogP contribution in [0.15, 0.2) is 24.3 Å². The van der Waals surface area contributed by atoms with Crippen molar-refractivity contribution in [1.29, 1.82) is 0 Å². The highest BCUT2D eigenvalue weighted by molar-refractivity contribution is 5.34. The number of nitrogens with two attached hydrogens (primary N) is 1. The smallest absolute Gasteiger partial charge is 0.135 e. The van der Waals surface area contributed by atoms with E-state index in [4.69, 9.17) is 5.73 Å². The first-order valence-electron chi connectivity index (χ1n) is 6.19. The molecule has 1 saturated carbocycles. The third kappa shape index (κ3) is 2.70. The van der Waals surface area contributed by atoms with Gasteiger partial charge in [-0.2, -0.15) is 0 Å². The lowest BCUT2D eigenvalue weighted by atomic mass is 10.1. The summed E-state index contributed by atoms with van der Waals surface area (Å²) in [6.07, 6.45) is 2.44. The van der Waals surface area contributed by atoms with E-state index in [9.17, 15) is 8.78 Å². The van der Waals surface area contributed by atoms with Crippen molar-refractivity contribution in [3.05, 3.63) is 53.0 Å². The molecule has 1 aliphatic carbocycles. The molecule has 1 fully saturated rings. The van der Waals surface area contributed by atoms with Crippen molar-refractivity contribution >= 4 is 5.82 Å². The SMILES string of the molecule is Nc1cc(C2CC2)nc(Cc2ccc(F)cc2F)n1. The molecule has 1 aromatic carbocycles. The van der Waals surface area contributed by atoms with Gasteiger partial charge >= 0.3 is 0 Å². The molecule has 1 heterocycles. The minimum atomic E-state index is -0.589. The van der Waals surface area contributed by atoms with Gasteiger partial charge in [0, 0.05) is 30.2 Å². The third-order valence-corrected chi connectivity index (χ3v) is 3.17. The zero-order chi connectivity index (χ0) is 13.4. The Hall–Kier alpha value is -2.04. The fraction of sp³-hybridized carbons (Fsp3) is 0.286. The molecule has 1 aromatic heterocycles. The predicted molar refractivity (Wildman–Crippen MR) is 67.6 cm³/mol. The summed E-state index contributed by atoms with van der Waals surface area (Å²) >= 11 is 0. The maximum Gasteiger partial charge on any atom is 0.135 e. The number of anilines is 1. The minimum Gasteiger partial charge on any atom is -0.384 e. The summed E-state index contributed by atoms with van der Waals surface area (Å²) in [4.78, 5) is 8.51. The molecule has 19 heavy (non-hydrogen) atoms. The van der Waals surface area contributed by atoms with Gasteiger partial charge in [-0.25, -0.2) is 18.7 Å². The van der Waals surface area contributed by atoms with Crippen molar-refractivity contribution in [1.82, 2.24) is 9.97 Å². The normalized spacial score (nSPS) is 14.6. The van der Waals surface area contributed by atoms with Gasteiger partial charge in [0.05, 0.1) is 0 Å². The van der Waals surface area contributed by atoms with E-state index in [1.165, 1.54) is 12.1 Å². The number of nitrogens with zero attached hydrogens (tertiary/aromatic N) is 2. The molecular weight excluding hydrogens is 248 g/mol. The lowest BCUT2D eigenvalue weighted by Crippen LogP contribution is -2.04. The van der Waals surface area contributed by atoms with Crippen molar-refractivity contribution in [2.24, 2.45) is 0 Å². The van der Waals surface area contributed by atoms with E-state index in [-0.39, 0.29) is 6.42 Å². The Balaban J connectivity index is 1.89. The maximum absolute atomic E-state index is 13.6. The number of hydrogen-bond donors (Lipinski definition) is 1. The number of nitrogen functional groups attached to an aromatic ring is 1. The number of halogens is 2. The average Bonchev–Trinajstić information content (AvgIpc) is 3.16. The zero-order valence-electron chi connectivity index (χ0n) is 10.2. The van der Waals surface area contributed by atoms with Crippen LogP contribution in [0.5, 0.6) is 0 Å². The molecule has 1 aliphatic rings. The van der Waals surface area contributed by atoms with Gasteiger partial charge in [0.1, 0.15) is 23.3 Å². The van der Waals surface area contributed by atoms with Gasteiger partial charge in [-0.1, -0.05) is 6.07 Å². The Kier molecular flexibility index (Phi) is 2.89. The van der Waals surface area contributed by atoms with Gasteiger partial charge in [-0.3, -0.25) is 0 Å². The molecule has 2 N–H and O–H groups in total. The summed E-state index contributed by atoms with van der Waals surface area (Å²) < 4.78 is 26.4. The molecule has 5 heteroatoms. The van der Waals surface area contributed by atoms with E-state index in [1.807, 2.05) is 0 Å². The number of aromatic nitrogens is 2. The maximum atomic E-state index is 13.6. The molecule has 0 bridgehead atoms. The van der Waals surface area contributed by atoms with E-state index in [0.29, 0.717) is 23.1 Å². The highest BCUT2D eigenvalue weighted by atomic mass is 19.1. The van der Waals surface area contributed by atoms with Gasteiger partial charge in [0.15, 0.2) is 0 Å². The Morgan fingerprint density at radius 2 is 1.95 bits per heavy atom. The third-order valence-electron chi connectivity index (χ3n) is 3.17. The lowest BCUT2D eigenvalue weighted by Gasteiger charge is -2.06. The monoisotopic (exact) mass is 261 g/mol. The van der Waals surface area contributed by atoms with Crippen LogP contribution in [0.3, 0.4) is 0 Å². The summed E-state index contributed by atoms with van der Waals surface area (Å²) in [6.45, 7) is 0. The van der Waals surface area contributed by atoms with Crippen LogP contribution in [0.4, 0.5) is 14.6 Å². The summed E-state index contributed by atoms with van der Waals surface area (Å²) in [6, 6.07) is 5.27. The summed E-state index contributed by atoms with van der Waals surface area (Å²) in [5.41, 5.74) is 7.03. The zero-order valence-corrected chi connectivity index (χ0v) is 10.2. The van der Waals surface area contributed by atoms with E-state index >= 15 is 0 Å². The van der Waals surface area contributed by atoms with Gasteiger partial charge < -0.3 is 5.73 Å². The van der Waals surface area contributed by atoms with Crippen LogP contribution >= 0.6 is 0 Å². The molecule has 0 radical (unpaired) electrons. The van der Waals surface area contributed by atoms with E-state index in [2.05, 4.69) is 9.97 Å². The molecule has 98 valence electrons. The first-order chi connectivity index (χ1) is 9.11. The van der Waals surface area contributed by atoms with Crippen molar-refractivity contribution in [2.75, 3.05) is 5.73 Å². The van der Waals surface area contributed by atoms with E-state index in [1.54, 1.807) is 6.07 Å². The Labute approximate surface area is 109 Å². The molecule has 0 amide bonds. The van der Waals surface area contributed by atoms with Gasteiger partial charge in [0.25, 0.3) is 0 Å². The largest absolute Gasteiger partial charge is 0.384 e.